The first-order chi connectivity index (χ1) is 19.5. The highest BCUT2D eigenvalue weighted by Gasteiger charge is 2.41. The van der Waals surface area contributed by atoms with E-state index in [0.29, 0.717) is 57.5 Å². The highest BCUT2D eigenvalue weighted by Crippen LogP contribution is 2.33. The van der Waals surface area contributed by atoms with E-state index in [9.17, 15) is 27.3 Å². The Kier molecular flexibility index (Phi) is 10.2. The van der Waals surface area contributed by atoms with Crippen molar-refractivity contribution < 1.29 is 31.1 Å². The lowest BCUT2D eigenvalue weighted by Crippen LogP contribution is -2.51. The molecule has 2 aliphatic rings. The zero-order chi connectivity index (χ0) is 29.6. The Morgan fingerprint density at radius 1 is 1.20 bits per heavy atom. The van der Waals surface area contributed by atoms with Crippen LogP contribution in [0.3, 0.4) is 0 Å². The summed E-state index contributed by atoms with van der Waals surface area (Å²) in [4.78, 5) is 15.1. The van der Waals surface area contributed by atoms with Crippen molar-refractivity contribution in [3.05, 3.63) is 53.6 Å². The van der Waals surface area contributed by atoms with Crippen LogP contribution in [0.1, 0.15) is 44.1 Å². The van der Waals surface area contributed by atoms with Crippen LogP contribution in [0.15, 0.2) is 46.2 Å². The van der Waals surface area contributed by atoms with Gasteiger partial charge in [0, 0.05) is 43.4 Å². The van der Waals surface area contributed by atoms with Gasteiger partial charge in [0.2, 0.25) is 0 Å². The normalized spacial score (nSPS) is 18.2. The lowest BCUT2D eigenvalue weighted by molar-refractivity contribution is -0.145. The van der Waals surface area contributed by atoms with Crippen molar-refractivity contribution in [3.8, 4) is 6.07 Å². The smallest absolute Gasteiger partial charge is 0.265 e. The van der Waals surface area contributed by atoms with Crippen molar-refractivity contribution in [3.63, 3.8) is 0 Å². The number of alkyl halides is 1. The molecule has 1 saturated heterocycles. The Morgan fingerprint density at radius 3 is 2.49 bits per heavy atom. The van der Waals surface area contributed by atoms with E-state index in [0.717, 1.165) is 23.4 Å². The summed E-state index contributed by atoms with van der Waals surface area (Å²) in [5.74, 6) is -1.75. The Morgan fingerprint density at radius 2 is 1.88 bits per heavy atom. The van der Waals surface area contributed by atoms with Crippen LogP contribution >= 0.6 is 11.8 Å². The zero-order valence-electron chi connectivity index (χ0n) is 22.7. The molecule has 0 aromatic heterocycles. The second-order valence-corrected chi connectivity index (χ2v) is 13.2. The van der Waals surface area contributed by atoms with Crippen molar-refractivity contribution in [1.82, 2.24) is 9.62 Å². The average molecular weight is 611 g/mol. The fourth-order valence-corrected chi connectivity index (χ4v) is 7.10. The largest absolute Gasteiger partial charge is 0.378 e. The Bertz CT molecular complexity index is 1370. The highest BCUT2D eigenvalue weighted by molar-refractivity contribution is 7.99. The second-order valence-electron chi connectivity index (χ2n) is 10.4. The van der Waals surface area contributed by atoms with Crippen LogP contribution in [-0.2, 0) is 19.6 Å². The van der Waals surface area contributed by atoms with Gasteiger partial charge in [0.05, 0.1) is 16.1 Å². The van der Waals surface area contributed by atoms with Crippen LogP contribution in [0.5, 0.6) is 0 Å². The molecule has 4 rings (SSSR count). The van der Waals surface area contributed by atoms with E-state index in [-0.39, 0.29) is 23.1 Å². The Hall–Kier alpha value is -2.79. The number of sulfonamides is 1. The van der Waals surface area contributed by atoms with Gasteiger partial charge in [-0.15, -0.1) is 11.8 Å². The van der Waals surface area contributed by atoms with Gasteiger partial charge in [-0.1, -0.05) is 19.3 Å². The molecule has 2 fully saturated rings. The van der Waals surface area contributed by atoms with Crippen molar-refractivity contribution in [1.29, 1.82) is 5.26 Å². The van der Waals surface area contributed by atoms with Gasteiger partial charge in [0.1, 0.15) is 29.5 Å². The number of carbonyl (C=O) groups excluding carboxylic acids is 1. The molecule has 1 amide bonds. The van der Waals surface area contributed by atoms with Gasteiger partial charge in [0.15, 0.2) is 0 Å². The molecule has 2 N–H and O–H groups in total. The molecule has 1 saturated carbocycles. The van der Waals surface area contributed by atoms with Crippen molar-refractivity contribution >= 4 is 33.4 Å². The minimum absolute atomic E-state index is 0.171. The number of nitrogens with zero attached hydrogens (tertiary/aromatic N) is 2. The minimum atomic E-state index is -4.51. The molecular formula is C28H33F3N4O4S2. The Balaban J connectivity index is 1.52. The predicted octanol–water partition coefficient (Wildman–Crippen LogP) is 4.61. The summed E-state index contributed by atoms with van der Waals surface area (Å²) >= 11 is 1.40. The molecule has 1 atom stereocenters. The number of thioether (sulfide) groups is 1. The SMILES string of the molecule is COC1(C(=O)NS(=O)(=O)c2cc(F)c(N[C@H](CCN3CC(F)C3)CSc3ccc(F)cc3)c(C#N)c2)CCCCC1. The standard InChI is InChI=1S/C28H33F3N4O4S2/c1-39-28(10-3-2-4-11-28)27(36)34-41(37,38)24-13-19(15-32)26(25(31)14-24)33-22(9-12-35-16-21(30)17-35)18-40-23-7-5-20(29)6-8-23/h5-8,13-14,21-22,33H,2-4,9-12,16-18H2,1H3,(H,34,36)/t22-/m1/s1. The summed E-state index contributed by atoms with van der Waals surface area (Å²) in [6.45, 7) is 1.17. The van der Waals surface area contributed by atoms with Crippen molar-refractivity contribution in [2.45, 2.75) is 66.1 Å². The number of benzene rings is 2. The third-order valence-electron chi connectivity index (χ3n) is 7.51. The van der Waals surface area contributed by atoms with E-state index in [2.05, 4.69) is 5.32 Å². The number of likely N-dealkylation sites (tertiary alicyclic amines) is 1. The summed E-state index contributed by atoms with van der Waals surface area (Å²) in [7, 11) is -3.15. The summed E-state index contributed by atoms with van der Waals surface area (Å²) in [6.07, 6.45) is 2.68. The molecule has 13 heteroatoms. The molecule has 2 aromatic carbocycles. The molecular weight excluding hydrogens is 577 g/mol. The summed E-state index contributed by atoms with van der Waals surface area (Å²) < 4.78 is 75.6. The van der Waals surface area contributed by atoms with Gasteiger partial charge in [0.25, 0.3) is 15.9 Å². The van der Waals surface area contributed by atoms with Crippen LogP contribution < -0.4 is 10.0 Å². The van der Waals surface area contributed by atoms with Gasteiger partial charge >= 0.3 is 0 Å². The molecule has 222 valence electrons. The van der Waals surface area contributed by atoms with E-state index in [1.54, 1.807) is 12.1 Å². The molecule has 41 heavy (non-hydrogen) atoms. The topological polar surface area (TPSA) is 112 Å². The van der Waals surface area contributed by atoms with E-state index in [1.165, 1.54) is 31.0 Å². The van der Waals surface area contributed by atoms with E-state index >= 15 is 4.39 Å². The van der Waals surface area contributed by atoms with Crippen LogP contribution in [0, 0.1) is 23.0 Å². The van der Waals surface area contributed by atoms with Gasteiger partial charge in [-0.05, 0) is 55.7 Å². The third-order valence-corrected chi connectivity index (χ3v) is 9.99. The molecule has 1 heterocycles. The number of carbonyl (C=O) groups is 1. The van der Waals surface area contributed by atoms with E-state index < -0.39 is 38.4 Å². The lowest BCUT2D eigenvalue weighted by atomic mass is 9.84. The van der Waals surface area contributed by atoms with Crippen LogP contribution in [0.2, 0.25) is 0 Å². The summed E-state index contributed by atoms with van der Waals surface area (Å²) in [5.41, 5.74) is -1.70. The first kappa shape index (κ1) is 31.2. The number of anilines is 1. The number of rotatable bonds is 12. The lowest BCUT2D eigenvalue weighted by Gasteiger charge is -2.35. The number of nitrogens with one attached hydrogen (secondary N) is 2. The zero-order valence-corrected chi connectivity index (χ0v) is 24.3. The average Bonchev–Trinajstić information content (AvgIpc) is 2.94. The molecule has 0 radical (unpaired) electrons. The fraction of sp³-hybridized carbons (Fsp3) is 0.500. The third kappa shape index (κ3) is 7.74. The first-order valence-electron chi connectivity index (χ1n) is 13.4. The Labute approximate surface area is 242 Å². The van der Waals surface area contributed by atoms with Gasteiger partial charge in [-0.3, -0.25) is 9.69 Å². The van der Waals surface area contributed by atoms with Gasteiger partial charge < -0.3 is 10.1 Å². The molecule has 1 aliphatic heterocycles. The minimum Gasteiger partial charge on any atom is -0.378 e. The van der Waals surface area contributed by atoms with Crippen LogP contribution in [0.25, 0.3) is 0 Å². The van der Waals surface area contributed by atoms with E-state index in [4.69, 9.17) is 4.74 Å². The van der Waals surface area contributed by atoms with Crippen LogP contribution in [0.4, 0.5) is 18.9 Å². The first-order valence-corrected chi connectivity index (χ1v) is 15.9. The maximum Gasteiger partial charge on any atom is 0.265 e. The van der Waals surface area contributed by atoms with Gasteiger partial charge in [-0.2, -0.15) is 5.26 Å². The molecule has 0 bridgehead atoms. The number of ether oxygens (including phenoxy) is 1. The maximum atomic E-state index is 15.4. The summed E-state index contributed by atoms with van der Waals surface area (Å²) in [6, 6.07) is 9.16. The second kappa shape index (κ2) is 13.5. The predicted molar refractivity (Wildman–Crippen MR) is 150 cm³/mol. The van der Waals surface area contributed by atoms with Crippen molar-refractivity contribution in [2.24, 2.45) is 0 Å². The monoisotopic (exact) mass is 610 g/mol. The molecule has 8 nitrogen and oxygen atoms in total. The fourth-order valence-electron chi connectivity index (χ4n) is 5.05. The quantitative estimate of drug-likeness (QED) is 0.336. The highest BCUT2D eigenvalue weighted by atomic mass is 32.2. The maximum absolute atomic E-state index is 15.4. The van der Waals surface area contributed by atoms with Crippen molar-refractivity contribution in [2.75, 3.05) is 37.8 Å². The number of methoxy groups -OCH3 is 1. The number of halogens is 3. The van der Waals surface area contributed by atoms with Crippen LogP contribution in [-0.4, -0.2) is 69.5 Å². The van der Waals surface area contributed by atoms with E-state index in [1.807, 2.05) is 15.7 Å². The number of hydrogen-bond acceptors (Lipinski definition) is 8. The number of hydrogen-bond donors (Lipinski definition) is 2. The number of nitriles is 1. The van der Waals surface area contributed by atoms with Gasteiger partial charge in [-0.25, -0.2) is 26.3 Å². The molecule has 2 aromatic rings. The number of amides is 1. The summed E-state index contributed by atoms with van der Waals surface area (Å²) in [5, 5.41) is 12.8. The molecule has 1 aliphatic carbocycles. The molecule has 0 spiro atoms. The molecule has 0 unspecified atom stereocenters.